The van der Waals surface area contributed by atoms with Gasteiger partial charge in [-0.05, 0) is 77.6 Å². The van der Waals surface area contributed by atoms with Crippen LogP contribution in [0.2, 0.25) is 0 Å². The maximum absolute atomic E-state index is 10.5. The van der Waals surface area contributed by atoms with Crippen LogP contribution in [-0.2, 0) is 55.4 Å². The number of amidine groups is 2. The van der Waals surface area contributed by atoms with E-state index >= 15 is 0 Å². The molecule has 0 saturated carbocycles. The van der Waals surface area contributed by atoms with Gasteiger partial charge in [0, 0.05) is 0 Å². The molecule has 17 heteroatoms. The minimum absolute atomic E-state index is 0. The molecule has 2 rings (SSSR count). The molecular formula is C24H28Br2CuN6O6S2. The normalized spacial score (nSPS) is 14.7. The number of nitrogens with one attached hydrogen (secondary N) is 2. The van der Waals surface area contributed by atoms with Gasteiger partial charge in [-0.1, -0.05) is 12.1 Å². The van der Waals surface area contributed by atoms with Crippen molar-refractivity contribution in [1.29, 1.82) is 0 Å². The molecule has 0 amide bonds. The van der Waals surface area contributed by atoms with Gasteiger partial charge < -0.3 is 55.2 Å². The predicted octanol–water partition coefficient (Wildman–Crippen LogP) is 1.33. The summed E-state index contributed by atoms with van der Waals surface area (Å²) in [5, 5.41) is 47.4. The molecule has 0 aliphatic heterocycles. The fourth-order valence-corrected chi connectivity index (χ4v) is 4.35. The van der Waals surface area contributed by atoms with Gasteiger partial charge >= 0.3 is 17.1 Å². The number of hydrazone groups is 2. The van der Waals surface area contributed by atoms with Gasteiger partial charge in [-0.25, -0.2) is 0 Å². The van der Waals surface area contributed by atoms with Crippen LogP contribution >= 0.6 is 31.9 Å². The zero-order valence-corrected chi connectivity index (χ0v) is 27.4. The van der Waals surface area contributed by atoms with Crippen LogP contribution in [0.5, 0.6) is 11.5 Å². The summed E-state index contributed by atoms with van der Waals surface area (Å²) in [5.41, 5.74) is 6.48. The molecule has 0 fully saturated rings. The average molecular weight is 784 g/mol. The molecule has 41 heavy (non-hydrogen) atoms. The second-order valence-corrected chi connectivity index (χ2v) is 10.4. The van der Waals surface area contributed by atoms with Gasteiger partial charge in [-0.3, -0.25) is 20.8 Å². The van der Waals surface area contributed by atoms with Gasteiger partial charge in [0.1, 0.15) is 35.5 Å². The molecule has 6 N–H and O–H groups in total. The maximum Gasteiger partial charge on any atom is 2.00 e. The molecule has 0 aliphatic carbocycles. The number of rotatable bonds is 13. The van der Waals surface area contributed by atoms with Gasteiger partial charge in [0.15, 0.2) is 0 Å². The van der Waals surface area contributed by atoms with E-state index in [1.54, 1.807) is 26.4 Å². The van der Waals surface area contributed by atoms with E-state index in [-0.39, 0.29) is 46.2 Å². The molecule has 0 aliphatic rings. The maximum atomic E-state index is 10.5. The molecule has 2 aromatic carbocycles. The quantitative estimate of drug-likeness (QED) is 0.0573. The van der Waals surface area contributed by atoms with Crippen LogP contribution < -0.4 is 20.3 Å². The number of halogens is 2. The molecule has 12 nitrogen and oxygen atoms in total. The molecule has 0 spiro atoms. The number of aliphatic imine (C=N–C) groups is 2. The summed E-state index contributed by atoms with van der Waals surface area (Å²) in [4.78, 5) is 8.42. The number of nitrogens with zero attached hydrogens (tertiary/aromatic N) is 4. The van der Waals surface area contributed by atoms with Crippen molar-refractivity contribution >= 4 is 79.4 Å². The first-order chi connectivity index (χ1) is 19.1. The molecule has 3 atom stereocenters. The number of methoxy groups -OCH3 is 2. The first-order valence-electron chi connectivity index (χ1n) is 11.4. The molecule has 0 aromatic heterocycles. The average Bonchev–Trinajstić information content (AvgIpc) is 2.95. The molecule has 227 valence electrons. The van der Waals surface area contributed by atoms with Crippen LogP contribution in [0.3, 0.4) is 0 Å². The number of hydrogen-bond donors (Lipinski definition) is 6. The van der Waals surface area contributed by atoms with E-state index in [1.165, 1.54) is 0 Å². The third kappa shape index (κ3) is 12.5. The second kappa shape index (κ2) is 19.3. The first kappa shape index (κ1) is 37.1. The van der Waals surface area contributed by atoms with Crippen molar-refractivity contribution in [2.24, 2.45) is 20.2 Å². The molecule has 0 saturated heterocycles. The van der Waals surface area contributed by atoms with Crippen LogP contribution in [0, 0.1) is 0 Å². The van der Waals surface area contributed by atoms with E-state index in [9.17, 15) is 15.3 Å². The van der Waals surface area contributed by atoms with Crippen LogP contribution in [0.15, 0.2) is 65.5 Å². The monoisotopic (exact) mass is 781 g/mol. The Morgan fingerprint density at radius 2 is 1.39 bits per heavy atom. The largest absolute Gasteiger partial charge is 2.00 e. The Hall–Kier alpha value is -1.92. The summed E-state index contributed by atoms with van der Waals surface area (Å²) >= 11 is 17.2. The van der Waals surface area contributed by atoms with E-state index in [1.807, 2.05) is 24.3 Å². The van der Waals surface area contributed by atoms with Crippen LogP contribution in [0.25, 0.3) is 0 Å². The van der Waals surface area contributed by atoms with Crippen molar-refractivity contribution in [2.45, 2.75) is 31.4 Å². The fraction of sp³-hybridized carbons (Fsp3) is 0.333. The third-order valence-electron chi connectivity index (χ3n) is 5.09. The summed E-state index contributed by atoms with van der Waals surface area (Å²) in [5.74, 6) is 1.35. The summed E-state index contributed by atoms with van der Waals surface area (Å²) in [6.45, 7) is -0.301. The molecule has 2 aromatic rings. The van der Waals surface area contributed by atoms with E-state index in [0.29, 0.717) is 11.5 Å². The zero-order valence-electron chi connectivity index (χ0n) is 21.7. The third-order valence-corrected chi connectivity index (χ3v) is 6.77. The Balaban J connectivity index is 0.00000840. The van der Waals surface area contributed by atoms with E-state index in [0.717, 1.165) is 26.3 Å². The Kier molecular flexibility index (Phi) is 17.5. The molecular weight excluding hydrogens is 756 g/mol. The van der Waals surface area contributed by atoms with Crippen LogP contribution in [0.4, 0.5) is 0 Å². The van der Waals surface area contributed by atoms with E-state index in [2.05, 4.69) is 62.9 Å². The second-order valence-electron chi connectivity index (χ2n) is 7.88. The number of benzene rings is 2. The minimum Gasteiger partial charge on any atom is -0.741 e. The molecule has 1 radical (unpaired) electrons. The Morgan fingerprint density at radius 1 is 0.902 bits per heavy atom. The Labute approximate surface area is 276 Å². The van der Waals surface area contributed by atoms with Gasteiger partial charge in [0.05, 0.1) is 49.1 Å². The van der Waals surface area contributed by atoms with Crippen molar-refractivity contribution in [1.82, 2.24) is 10.9 Å². The number of ether oxygens (including phenoxy) is 2. The molecule has 3 unspecified atom stereocenters. The summed E-state index contributed by atoms with van der Waals surface area (Å²) in [6, 6.07) is 10.9. The van der Waals surface area contributed by atoms with E-state index < -0.39 is 24.9 Å². The van der Waals surface area contributed by atoms with Crippen LogP contribution in [0.1, 0.15) is 11.1 Å². The smallest absolute Gasteiger partial charge is 0.741 e. The van der Waals surface area contributed by atoms with Crippen molar-refractivity contribution < 1.29 is 47.0 Å². The number of aliphatic hydroxyl groups excluding tert-OH is 4. The fourth-order valence-electron chi connectivity index (χ4n) is 2.94. The number of hydrogen-bond acceptors (Lipinski definition) is 12. The van der Waals surface area contributed by atoms with Crippen molar-refractivity contribution in [3.63, 3.8) is 0 Å². The topological polar surface area (TPSA) is 173 Å². The summed E-state index contributed by atoms with van der Waals surface area (Å²) in [6.07, 6.45) is -4.10. The predicted molar refractivity (Wildman–Crippen MR) is 166 cm³/mol. The summed E-state index contributed by atoms with van der Waals surface area (Å²) in [7, 11) is 3.13. The van der Waals surface area contributed by atoms with Gasteiger partial charge in [-0.2, -0.15) is 10.2 Å². The van der Waals surface area contributed by atoms with Gasteiger partial charge in [0.2, 0.25) is 0 Å². The van der Waals surface area contributed by atoms with Gasteiger partial charge in [-0.15, -0.1) is 0 Å². The Morgan fingerprint density at radius 3 is 1.83 bits per heavy atom. The van der Waals surface area contributed by atoms with Crippen molar-refractivity contribution in [2.75, 3.05) is 20.8 Å². The minimum atomic E-state index is -1.77. The van der Waals surface area contributed by atoms with Crippen LogP contribution in [-0.4, -0.2) is 81.8 Å². The number of aliphatic hydroxyl groups is 4. The SMILES string of the molecule is COc1ccc(CN=C([S-])N/N=C(/C=N/NC([S-])=NCc2ccc(OC)c(Br)c2)C(O)C(O)C(O)CO)cc1Br.[Cu+2]. The zero-order chi connectivity index (χ0) is 29.7. The standard InChI is InChI=1S/C24H30Br2N6O6S2.Cu/c1-37-19-5-3-13(7-15(19)25)9-27-23(39)31-29-11-17(21(35)22(36)18(34)12-33)30-32-24(40)28-10-14-4-6-20(38-2)16(26)8-14;/h3-8,11,18,21-22,33-36H,9-10,12H2,1-2H3,(H2,27,31,39)(H2,28,32,40);/q;+2/p-2/b29-11+,30-17-;. The molecule has 0 bridgehead atoms. The van der Waals surface area contributed by atoms with E-state index in [4.69, 9.17) is 39.8 Å². The van der Waals surface area contributed by atoms with Gasteiger partial charge in [0.25, 0.3) is 0 Å². The summed E-state index contributed by atoms with van der Waals surface area (Å²) < 4.78 is 11.9. The van der Waals surface area contributed by atoms with Crippen molar-refractivity contribution in [3.8, 4) is 11.5 Å². The van der Waals surface area contributed by atoms with Crippen molar-refractivity contribution in [3.05, 3.63) is 56.5 Å². The molecule has 0 heterocycles. The first-order valence-corrected chi connectivity index (χ1v) is 13.8. The Bertz CT molecular complexity index is 1260.